The van der Waals surface area contributed by atoms with Crippen LogP contribution in [-0.4, -0.2) is 25.0 Å². The van der Waals surface area contributed by atoms with Crippen LogP contribution in [0.5, 0.6) is 0 Å². The van der Waals surface area contributed by atoms with Gasteiger partial charge in [0.05, 0.1) is 6.61 Å². The molecule has 0 spiro atoms. The van der Waals surface area contributed by atoms with Crippen molar-refractivity contribution in [3.8, 4) is 11.1 Å². The molecule has 4 rings (SSSR count). The highest BCUT2D eigenvalue weighted by molar-refractivity contribution is 5.97. The average molecular weight is 336 g/mol. The van der Waals surface area contributed by atoms with Gasteiger partial charge in [-0.15, -0.1) is 0 Å². The normalized spacial score (nSPS) is 17.1. The van der Waals surface area contributed by atoms with Gasteiger partial charge in [0.15, 0.2) is 0 Å². The Morgan fingerprint density at radius 1 is 1.12 bits per heavy atom. The molecule has 0 aromatic heterocycles. The first-order valence-corrected chi connectivity index (χ1v) is 8.53. The highest BCUT2D eigenvalue weighted by Crippen LogP contribution is 2.35. The Morgan fingerprint density at radius 3 is 2.68 bits per heavy atom. The van der Waals surface area contributed by atoms with Gasteiger partial charge in [-0.25, -0.2) is 0 Å². The summed E-state index contributed by atoms with van der Waals surface area (Å²) in [5.74, 6) is 0.154. The molecule has 0 radical (unpaired) electrons. The van der Waals surface area contributed by atoms with E-state index >= 15 is 0 Å². The molecule has 1 aliphatic carbocycles. The van der Waals surface area contributed by atoms with Crippen LogP contribution in [0.2, 0.25) is 0 Å². The molecule has 1 heterocycles. The molecule has 2 aromatic rings. The van der Waals surface area contributed by atoms with E-state index in [1.165, 1.54) is 12.8 Å². The molecular weight excluding hydrogens is 316 g/mol. The summed E-state index contributed by atoms with van der Waals surface area (Å²) in [6.45, 7) is 1.30. The van der Waals surface area contributed by atoms with Gasteiger partial charge in [0, 0.05) is 23.4 Å². The summed E-state index contributed by atoms with van der Waals surface area (Å²) in [6.07, 6.45) is 2.36. The predicted octanol–water partition coefficient (Wildman–Crippen LogP) is 2.73. The predicted molar refractivity (Wildman–Crippen MR) is 95.1 cm³/mol. The van der Waals surface area contributed by atoms with Crippen molar-refractivity contribution >= 4 is 17.5 Å². The molecule has 2 aliphatic rings. The first-order chi connectivity index (χ1) is 12.1. The smallest absolute Gasteiger partial charge is 0.253 e. The second-order valence-electron chi connectivity index (χ2n) is 6.73. The molecule has 2 N–H and O–H groups in total. The van der Waals surface area contributed by atoms with Crippen molar-refractivity contribution in [3.05, 3.63) is 53.6 Å². The largest absolute Gasteiger partial charge is 0.367 e. The molecule has 2 amide bonds. The lowest BCUT2D eigenvalue weighted by molar-refractivity contribution is -0.123. The lowest BCUT2D eigenvalue weighted by Crippen LogP contribution is -2.34. The molecular formula is C20H20N2O3. The van der Waals surface area contributed by atoms with Gasteiger partial charge in [-0.2, -0.15) is 0 Å². The van der Waals surface area contributed by atoms with Gasteiger partial charge in [-0.05, 0) is 48.1 Å². The maximum atomic E-state index is 12.5. The summed E-state index contributed by atoms with van der Waals surface area (Å²) < 4.78 is 5.51. The van der Waals surface area contributed by atoms with E-state index in [1.54, 1.807) is 12.1 Å². The Bertz CT molecular complexity index is 843. The SMILES string of the molecule is NC(=O)c1cccc(-c2ccc3c(c2)N(CC2CC2)C(=O)COC3)c1. The Hall–Kier alpha value is -2.66. The molecule has 1 fully saturated rings. The third kappa shape index (κ3) is 3.28. The summed E-state index contributed by atoms with van der Waals surface area (Å²) >= 11 is 0. The van der Waals surface area contributed by atoms with Crippen molar-refractivity contribution in [1.82, 2.24) is 0 Å². The fourth-order valence-corrected chi connectivity index (χ4v) is 3.19. The van der Waals surface area contributed by atoms with Gasteiger partial charge in [-0.1, -0.05) is 24.3 Å². The summed E-state index contributed by atoms with van der Waals surface area (Å²) in [4.78, 5) is 25.8. The Balaban J connectivity index is 1.75. The van der Waals surface area contributed by atoms with E-state index in [0.29, 0.717) is 18.1 Å². The Kier molecular flexibility index (Phi) is 4.01. The molecule has 0 saturated heterocycles. The molecule has 5 heteroatoms. The molecule has 25 heavy (non-hydrogen) atoms. The topological polar surface area (TPSA) is 72.6 Å². The second-order valence-corrected chi connectivity index (χ2v) is 6.73. The number of amides is 2. The quantitative estimate of drug-likeness (QED) is 0.933. The summed E-state index contributed by atoms with van der Waals surface area (Å²) in [6, 6.07) is 13.3. The van der Waals surface area contributed by atoms with Crippen molar-refractivity contribution in [2.45, 2.75) is 19.4 Å². The maximum absolute atomic E-state index is 12.5. The standard InChI is InChI=1S/C20H20N2O3/c21-20(24)16-3-1-2-14(8-16)15-6-7-17-11-25-12-19(23)22(18(17)9-15)10-13-4-5-13/h1-3,6-9,13H,4-5,10-12H2,(H2,21,24). The number of rotatable bonds is 4. The van der Waals surface area contributed by atoms with Gasteiger partial charge in [-0.3, -0.25) is 9.59 Å². The van der Waals surface area contributed by atoms with Crippen molar-refractivity contribution in [2.75, 3.05) is 18.1 Å². The zero-order valence-electron chi connectivity index (χ0n) is 13.9. The van der Waals surface area contributed by atoms with Crippen LogP contribution in [0.1, 0.15) is 28.8 Å². The van der Waals surface area contributed by atoms with E-state index < -0.39 is 5.91 Å². The minimum Gasteiger partial charge on any atom is -0.367 e. The van der Waals surface area contributed by atoms with Crippen molar-refractivity contribution in [1.29, 1.82) is 0 Å². The van der Waals surface area contributed by atoms with Crippen LogP contribution in [0, 0.1) is 5.92 Å². The highest BCUT2D eigenvalue weighted by atomic mass is 16.5. The Labute approximate surface area is 146 Å². The molecule has 128 valence electrons. The first-order valence-electron chi connectivity index (χ1n) is 8.53. The highest BCUT2D eigenvalue weighted by Gasteiger charge is 2.30. The lowest BCUT2D eigenvalue weighted by atomic mass is 10.00. The Morgan fingerprint density at radius 2 is 1.92 bits per heavy atom. The molecule has 2 aromatic carbocycles. The van der Waals surface area contributed by atoms with Crippen molar-refractivity contribution in [2.24, 2.45) is 11.7 Å². The third-order valence-corrected chi connectivity index (χ3v) is 4.78. The van der Waals surface area contributed by atoms with Crippen LogP contribution in [0.25, 0.3) is 11.1 Å². The van der Waals surface area contributed by atoms with Gasteiger partial charge < -0.3 is 15.4 Å². The molecule has 0 bridgehead atoms. The molecule has 0 atom stereocenters. The van der Waals surface area contributed by atoms with Crippen LogP contribution in [-0.2, 0) is 16.1 Å². The zero-order valence-corrected chi connectivity index (χ0v) is 13.9. The number of hydrogen-bond donors (Lipinski definition) is 1. The van der Waals surface area contributed by atoms with E-state index in [9.17, 15) is 9.59 Å². The van der Waals surface area contributed by atoms with Crippen LogP contribution in [0.15, 0.2) is 42.5 Å². The number of primary amides is 1. The second kappa shape index (κ2) is 6.33. The minimum atomic E-state index is -0.449. The van der Waals surface area contributed by atoms with E-state index in [-0.39, 0.29) is 12.5 Å². The maximum Gasteiger partial charge on any atom is 0.253 e. The number of anilines is 1. The van der Waals surface area contributed by atoms with Crippen LogP contribution in [0.4, 0.5) is 5.69 Å². The minimum absolute atomic E-state index is 0.00804. The number of nitrogens with two attached hydrogens (primary N) is 1. The average Bonchev–Trinajstić information content (AvgIpc) is 3.45. The molecule has 1 aliphatic heterocycles. The van der Waals surface area contributed by atoms with E-state index in [4.69, 9.17) is 10.5 Å². The fourth-order valence-electron chi connectivity index (χ4n) is 3.19. The van der Waals surface area contributed by atoms with Gasteiger partial charge in [0.25, 0.3) is 5.91 Å². The zero-order chi connectivity index (χ0) is 17.4. The van der Waals surface area contributed by atoms with E-state index in [2.05, 4.69) is 0 Å². The number of nitrogens with zero attached hydrogens (tertiary/aromatic N) is 1. The first kappa shape index (κ1) is 15.8. The van der Waals surface area contributed by atoms with Crippen molar-refractivity contribution in [3.63, 3.8) is 0 Å². The molecule has 0 unspecified atom stereocenters. The third-order valence-electron chi connectivity index (χ3n) is 4.78. The number of carbonyl (C=O) groups excluding carboxylic acids is 2. The van der Waals surface area contributed by atoms with Gasteiger partial charge in [0.2, 0.25) is 5.91 Å². The van der Waals surface area contributed by atoms with E-state index in [1.807, 2.05) is 35.2 Å². The monoisotopic (exact) mass is 336 g/mol. The van der Waals surface area contributed by atoms with Gasteiger partial charge in [0.1, 0.15) is 6.61 Å². The summed E-state index contributed by atoms with van der Waals surface area (Å²) in [5.41, 5.74) is 9.65. The molecule has 5 nitrogen and oxygen atoms in total. The summed E-state index contributed by atoms with van der Waals surface area (Å²) in [5, 5.41) is 0. The van der Waals surface area contributed by atoms with Crippen LogP contribution >= 0.6 is 0 Å². The molecule has 1 saturated carbocycles. The number of ether oxygens (including phenoxy) is 1. The fraction of sp³-hybridized carbons (Fsp3) is 0.300. The van der Waals surface area contributed by atoms with Crippen LogP contribution in [0.3, 0.4) is 0 Å². The summed E-state index contributed by atoms with van der Waals surface area (Å²) in [7, 11) is 0. The number of carbonyl (C=O) groups is 2. The number of hydrogen-bond acceptors (Lipinski definition) is 3. The van der Waals surface area contributed by atoms with Crippen LogP contribution < -0.4 is 10.6 Å². The lowest BCUT2D eigenvalue weighted by Gasteiger charge is -2.23. The van der Waals surface area contributed by atoms with Gasteiger partial charge >= 0.3 is 0 Å². The van der Waals surface area contributed by atoms with Crippen molar-refractivity contribution < 1.29 is 14.3 Å². The number of benzene rings is 2. The van der Waals surface area contributed by atoms with E-state index in [0.717, 1.165) is 28.9 Å². The number of fused-ring (bicyclic) bond motifs is 1.